The number of ether oxygens (including phenoxy) is 3. The Kier molecular flexibility index (Phi) is 12.3. The van der Waals surface area contributed by atoms with Crippen molar-refractivity contribution in [2.45, 2.75) is 71.0 Å². The molecular weight excluding hydrogens is 328 g/mol. The maximum absolute atomic E-state index is 11.2. The molecular formula is C22H34O4. The van der Waals surface area contributed by atoms with Gasteiger partial charge in [-0.2, -0.15) is 0 Å². The summed E-state index contributed by atoms with van der Waals surface area (Å²) < 4.78 is 16.3. The zero-order valence-corrected chi connectivity index (χ0v) is 16.4. The lowest BCUT2D eigenvalue weighted by atomic mass is 10.1. The number of methoxy groups -OCH3 is 1. The SMILES string of the molecule is C=C(C)C(=O)OCCCCCCCCCCC(OC)Oc1ccccc1. The van der Waals surface area contributed by atoms with E-state index in [1.165, 1.54) is 32.1 Å². The van der Waals surface area contributed by atoms with Crippen molar-refractivity contribution in [3.05, 3.63) is 42.5 Å². The second-order valence-electron chi connectivity index (χ2n) is 6.63. The molecule has 0 fully saturated rings. The molecule has 0 aliphatic rings. The molecule has 1 atom stereocenters. The molecule has 4 nitrogen and oxygen atoms in total. The van der Waals surface area contributed by atoms with Crippen LogP contribution in [0.2, 0.25) is 0 Å². The Morgan fingerprint density at radius 1 is 0.962 bits per heavy atom. The van der Waals surface area contributed by atoms with Crippen LogP contribution in [0.4, 0.5) is 0 Å². The third-order valence-corrected chi connectivity index (χ3v) is 4.19. The Bertz CT molecular complexity index is 498. The molecule has 1 rings (SSSR count). The Morgan fingerprint density at radius 2 is 1.54 bits per heavy atom. The molecule has 0 aliphatic carbocycles. The molecule has 0 spiro atoms. The molecule has 26 heavy (non-hydrogen) atoms. The van der Waals surface area contributed by atoms with Gasteiger partial charge in [0.25, 0.3) is 0 Å². The number of carbonyl (C=O) groups is 1. The third kappa shape index (κ3) is 10.9. The molecule has 1 aromatic carbocycles. The van der Waals surface area contributed by atoms with Gasteiger partial charge in [-0.3, -0.25) is 0 Å². The van der Waals surface area contributed by atoms with E-state index in [2.05, 4.69) is 6.58 Å². The van der Waals surface area contributed by atoms with Crippen LogP contribution < -0.4 is 4.74 Å². The van der Waals surface area contributed by atoms with Gasteiger partial charge >= 0.3 is 5.97 Å². The van der Waals surface area contributed by atoms with Crippen LogP contribution in [0.3, 0.4) is 0 Å². The maximum Gasteiger partial charge on any atom is 0.333 e. The molecule has 1 aromatic rings. The summed E-state index contributed by atoms with van der Waals surface area (Å²) in [5, 5.41) is 0. The predicted molar refractivity (Wildman–Crippen MR) is 105 cm³/mol. The van der Waals surface area contributed by atoms with Crippen molar-refractivity contribution in [1.82, 2.24) is 0 Å². The van der Waals surface area contributed by atoms with Crippen LogP contribution in [0.1, 0.15) is 64.7 Å². The smallest absolute Gasteiger partial charge is 0.333 e. The number of hydrogen-bond donors (Lipinski definition) is 0. The quantitative estimate of drug-likeness (QED) is 0.175. The highest BCUT2D eigenvalue weighted by Gasteiger charge is 2.08. The van der Waals surface area contributed by atoms with Crippen LogP contribution in [0.25, 0.3) is 0 Å². The topological polar surface area (TPSA) is 44.8 Å². The summed E-state index contributed by atoms with van der Waals surface area (Å²) in [7, 11) is 1.70. The minimum absolute atomic E-state index is 0.167. The van der Waals surface area contributed by atoms with Crippen molar-refractivity contribution >= 4 is 5.97 Å². The molecule has 4 heteroatoms. The molecule has 0 aliphatic heterocycles. The lowest BCUT2D eigenvalue weighted by molar-refractivity contribution is -0.139. The van der Waals surface area contributed by atoms with Crippen LogP contribution in [0, 0.1) is 0 Å². The van der Waals surface area contributed by atoms with Gasteiger partial charge in [-0.1, -0.05) is 63.3 Å². The number of hydrogen-bond acceptors (Lipinski definition) is 4. The van der Waals surface area contributed by atoms with Crippen molar-refractivity contribution in [2.24, 2.45) is 0 Å². The standard InChI is InChI=1S/C22H34O4/c1-19(2)22(23)25-18-14-9-7-5-4-6-8-13-17-21(24-3)26-20-15-11-10-12-16-20/h10-12,15-16,21H,1,4-9,13-14,17-18H2,2-3H3. The van der Waals surface area contributed by atoms with Crippen LogP contribution in [-0.4, -0.2) is 26.0 Å². The molecule has 0 aromatic heterocycles. The number of benzene rings is 1. The zero-order chi connectivity index (χ0) is 19.0. The summed E-state index contributed by atoms with van der Waals surface area (Å²) in [6.45, 7) is 5.74. The molecule has 0 saturated heterocycles. The van der Waals surface area contributed by atoms with E-state index in [9.17, 15) is 4.79 Å². The van der Waals surface area contributed by atoms with Crippen LogP contribution in [0.15, 0.2) is 42.5 Å². The fourth-order valence-electron chi connectivity index (χ4n) is 2.64. The first-order valence-electron chi connectivity index (χ1n) is 9.70. The summed E-state index contributed by atoms with van der Waals surface area (Å²) in [6, 6.07) is 9.81. The minimum Gasteiger partial charge on any atom is -0.465 e. The second kappa shape index (κ2) is 14.4. The van der Waals surface area contributed by atoms with E-state index >= 15 is 0 Å². The molecule has 0 amide bonds. The highest BCUT2D eigenvalue weighted by atomic mass is 16.7. The van der Waals surface area contributed by atoms with E-state index in [-0.39, 0.29) is 12.3 Å². The van der Waals surface area contributed by atoms with Crippen molar-refractivity contribution < 1.29 is 19.0 Å². The summed E-state index contributed by atoms with van der Waals surface area (Å²) >= 11 is 0. The lowest BCUT2D eigenvalue weighted by Crippen LogP contribution is -2.18. The summed E-state index contributed by atoms with van der Waals surface area (Å²) in [5.41, 5.74) is 0.467. The molecule has 0 heterocycles. The van der Waals surface area contributed by atoms with Crippen LogP contribution in [0.5, 0.6) is 5.75 Å². The molecule has 0 radical (unpaired) electrons. The Labute approximate surface area is 158 Å². The Balaban J connectivity index is 1.92. The van der Waals surface area contributed by atoms with Crippen LogP contribution in [-0.2, 0) is 14.3 Å². The molecule has 0 N–H and O–H groups in total. The average Bonchev–Trinajstić information content (AvgIpc) is 2.65. The molecule has 0 bridgehead atoms. The van der Waals surface area contributed by atoms with Gasteiger partial charge in [-0.25, -0.2) is 4.79 Å². The van der Waals surface area contributed by atoms with Gasteiger partial charge in [-0.15, -0.1) is 0 Å². The van der Waals surface area contributed by atoms with Gasteiger partial charge in [-0.05, 0) is 31.9 Å². The van der Waals surface area contributed by atoms with Crippen LogP contribution >= 0.6 is 0 Å². The van der Waals surface area contributed by atoms with E-state index < -0.39 is 0 Å². The lowest BCUT2D eigenvalue weighted by Gasteiger charge is -2.17. The monoisotopic (exact) mass is 362 g/mol. The first kappa shape index (κ1) is 22.2. The third-order valence-electron chi connectivity index (χ3n) is 4.19. The summed E-state index contributed by atoms with van der Waals surface area (Å²) in [4.78, 5) is 11.2. The van der Waals surface area contributed by atoms with Crippen molar-refractivity contribution in [3.63, 3.8) is 0 Å². The number of esters is 1. The number of unbranched alkanes of at least 4 members (excludes halogenated alkanes) is 7. The Hall–Kier alpha value is -1.81. The fourth-order valence-corrected chi connectivity index (χ4v) is 2.64. The molecule has 0 saturated carbocycles. The number of carbonyl (C=O) groups excluding carboxylic acids is 1. The number of para-hydroxylation sites is 1. The molecule has 1 unspecified atom stereocenters. The van der Waals surface area contributed by atoms with Crippen molar-refractivity contribution in [2.75, 3.05) is 13.7 Å². The van der Waals surface area contributed by atoms with E-state index in [0.717, 1.165) is 31.4 Å². The van der Waals surface area contributed by atoms with E-state index in [1.54, 1.807) is 14.0 Å². The first-order chi connectivity index (χ1) is 12.6. The highest BCUT2D eigenvalue weighted by molar-refractivity contribution is 5.86. The van der Waals surface area contributed by atoms with Gasteiger partial charge in [0, 0.05) is 19.1 Å². The average molecular weight is 363 g/mol. The first-order valence-corrected chi connectivity index (χ1v) is 9.70. The fraction of sp³-hybridized carbons (Fsp3) is 0.591. The zero-order valence-electron chi connectivity index (χ0n) is 16.4. The Morgan fingerprint density at radius 3 is 2.12 bits per heavy atom. The highest BCUT2D eigenvalue weighted by Crippen LogP contribution is 2.16. The van der Waals surface area contributed by atoms with Gasteiger partial charge in [0.15, 0.2) is 6.29 Å². The van der Waals surface area contributed by atoms with Gasteiger partial charge in [0.05, 0.1) is 6.61 Å². The van der Waals surface area contributed by atoms with E-state index in [0.29, 0.717) is 12.2 Å². The normalized spacial score (nSPS) is 11.8. The second-order valence-corrected chi connectivity index (χ2v) is 6.63. The van der Waals surface area contributed by atoms with Crippen molar-refractivity contribution in [1.29, 1.82) is 0 Å². The van der Waals surface area contributed by atoms with E-state index in [4.69, 9.17) is 14.2 Å². The summed E-state index contributed by atoms with van der Waals surface area (Å²) in [5.74, 6) is 0.573. The minimum atomic E-state index is -0.282. The largest absolute Gasteiger partial charge is 0.465 e. The summed E-state index contributed by atoms with van der Waals surface area (Å²) in [6.07, 6.45) is 10.0. The van der Waals surface area contributed by atoms with Crippen molar-refractivity contribution in [3.8, 4) is 5.75 Å². The molecule has 146 valence electrons. The predicted octanol–water partition coefficient (Wildman–Crippen LogP) is 5.67. The maximum atomic E-state index is 11.2. The van der Waals surface area contributed by atoms with Gasteiger partial charge < -0.3 is 14.2 Å². The van der Waals surface area contributed by atoms with Gasteiger partial charge in [0.1, 0.15) is 5.75 Å². The van der Waals surface area contributed by atoms with Gasteiger partial charge in [0.2, 0.25) is 0 Å². The van der Waals surface area contributed by atoms with E-state index in [1.807, 2.05) is 30.3 Å². The number of rotatable bonds is 15.